The Labute approximate surface area is 207 Å². The van der Waals surface area contributed by atoms with E-state index >= 15 is 0 Å². The number of morpholine rings is 1. The van der Waals surface area contributed by atoms with Crippen LogP contribution in [-0.2, 0) is 17.3 Å². The van der Waals surface area contributed by atoms with Gasteiger partial charge in [-0.2, -0.15) is 13.2 Å². The van der Waals surface area contributed by atoms with E-state index in [0.29, 0.717) is 30.9 Å². The molecule has 4 heterocycles. The molecule has 188 valence electrons. The number of aromatic nitrogens is 2. The van der Waals surface area contributed by atoms with Gasteiger partial charge in [-0.3, -0.25) is 14.8 Å². The zero-order valence-electron chi connectivity index (χ0n) is 20.1. The van der Waals surface area contributed by atoms with Gasteiger partial charge in [-0.05, 0) is 60.7 Å². The summed E-state index contributed by atoms with van der Waals surface area (Å²) in [6.45, 7) is 6.40. The Balaban J connectivity index is 1.43. The number of pyridine rings is 2. The van der Waals surface area contributed by atoms with E-state index in [0.717, 1.165) is 59.7 Å². The van der Waals surface area contributed by atoms with E-state index in [-0.39, 0.29) is 5.56 Å². The summed E-state index contributed by atoms with van der Waals surface area (Å²) in [5.41, 5.74) is 4.30. The predicted molar refractivity (Wildman–Crippen MR) is 131 cm³/mol. The molecule has 1 N–H and O–H groups in total. The van der Waals surface area contributed by atoms with E-state index in [2.05, 4.69) is 28.2 Å². The average molecular weight is 497 g/mol. The maximum atomic E-state index is 13.0. The SMILES string of the molecule is CCC1Cc2ncc(-c3cc(NC(=O)c4ccnc(C(F)(F)F)c4)ccc3C)cc2N2CCOCC12. The van der Waals surface area contributed by atoms with Gasteiger partial charge in [-0.1, -0.05) is 19.4 Å². The zero-order chi connectivity index (χ0) is 25.4. The van der Waals surface area contributed by atoms with Crippen LogP contribution in [-0.4, -0.2) is 41.7 Å². The van der Waals surface area contributed by atoms with Crippen molar-refractivity contribution < 1.29 is 22.7 Å². The molecule has 1 aromatic carbocycles. The third-order valence-electron chi connectivity index (χ3n) is 7.07. The first kappa shape index (κ1) is 24.2. The average Bonchev–Trinajstić information content (AvgIpc) is 2.88. The molecule has 1 amide bonds. The summed E-state index contributed by atoms with van der Waals surface area (Å²) in [4.78, 5) is 23.2. The van der Waals surface area contributed by atoms with E-state index in [1.54, 1.807) is 6.07 Å². The molecule has 0 aliphatic carbocycles. The van der Waals surface area contributed by atoms with Gasteiger partial charge in [0.1, 0.15) is 5.69 Å². The molecule has 3 aromatic rings. The highest BCUT2D eigenvalue weighted by atomic mass is 19.4. The number of halogens is 3. The summed E-state index contributed by atoms with van der Waals surface area (Å²) in [6.07, 6.45) is 0.203. The number of carbonyl (C=O) groups is 1. The van der Waals surface area contributed by atoms with Crippen LogP contribution in [0.4, 0.5) is 24.5 Å². The highest BCUT2D eigenvalue weighted by Gasteiger charge is 2.36. The number of benzene rings is 1. The van der Waals surface area contributed by atoms with Crippen LogP contribution in [0.15, 0.2) is 48.8 Å². The van der Waals surface area contributed by atoms with Crippen molar-refractivity contribution in [3.8, 4) is 11.1 Å². The molecule has 2 unspecified atom stereocenters. The fourth-order valence-electron chi connectivity index (χ4n) is 5.09. The molecule has 2 aliphatic rings. The van der Waals surface area contributed by atoms with Gasteiger partial charge in [0.05, 0.1) is 30.6 Å². The van der Waals surface area contributed by atoms with Crippen molar-refractivity contribution in [2.75, 3.05) is 30.0 Å². The molecule has 36 heavy (non-hydrogen) atoms. The van der Waals surface area contributed by atoms with Crippen LogP contribution in [0.25, 0.3) is 11.1 Å². The van der Waals surface area contributed by atoms with Crippen molar-refractivity contribution in [3.63, 3.8) is 0 Å². The number of aryl methyl sites for hydroxylation is 1. The zero-order valence-corrected chi connectivity index (χ0v) is 20.1. The topological polar surface area (TPSA) is 67.4 Å². The van der Waals surface area contributed by atoms with E-state index in [9.17, 15) is 18.0 Å². The summed E-state index contributed by atoms with van der Waals surface area (Å²) in [5.74, 6) is -0.134. The van der Waals surface area contributed by atoms with E-state index < -0.39 is 17.8 Å². The smallest absolute Gasteiger partial charge is 0.377 e. The number of nitrogens with zero attached hydrogens (tertiary/aromatic N) is 3. The molecule has 2 atom stereocenters. The number of fused-ring (bicyclic) bond motifs is 3. The molecule has 5 rings (SSSR count). The molecule has 2 aromatic heterocycles. The Morgan fingerprint density at radius 2 is 2.03 bits per heavy atom. The van der Waals surface area contributed by atoms with Crippen molar-refractivity contribution in [3.05, 3.63) is 71.3 Å². The van der Waals surface area contributed by atoms with Gasteiger partial charge >= 0.3 is 6.18 Å². The second kappa shape index (κ2) is 9.54. The van der Waals surface area contributed by atoms with E-state index in [4.69, 9.17) is 9.72 Å². The highest BCUT2D eigenvalue weighted by molar-refractivity contribution is 6.04. The minimum atomic E-state index is -4.62. The Bertz CT molecular complexity index is 1290. The molecule has 0 spiro atoms. The number of carbonyl (C=O) groups excluding carboxylic acids is 1. The maximum Gasteiger partial charge on any atom is 0.433 e. The number of hydrogen-bond acceptors (Lipinski definition) is 5. The Morgan fingerprint density at radius 1 is 1.19 bits per heavy atom. The standard InChI is InChI=1S/C27H27F3N4O2/c1-3-17-10-22-23(34-8-9-36-15-24(17)34)11-19(14-32-22)21-13-20(5-4-16(21)2)33-26(35)18-6-7-31-25(12-18)27(28,29)30/h4-7,11-14,17,24H,3,8-10,15H2,1-2H3,(H,33,35). The molecule has 6 nitrogen and oxygen atoms in total. The number of amides is 1. The molecule has 1 fully saturated rings. The van der Waals surface area contributed by atoms with Crippen LogP contribution >= 0.6 is 0 Å². The van der Waals surface area contributed by atoms with Crippen molar-refractivity contribution in [1.82, 2.24) is 9.97 Å². The van der Waals surface area contributed by atoms with Crippen LogP contribution in [0.5, 0.6) is 0 Å². The lowest BCUT2D eigenvalue weighted by Crippen LogP contribution is -2.53. The van der Waals surface area contributed by atoms with Crippen LogP contribution in [0, 0.1) is 12.8 Å². The third-order valence-corrected chi connectivity index (χ3v) is 7.07. The Kier molecular flexibility index (Phi) is 6.42. The number of ether oxygens (including phenoxy) is 1. The monoisotopic (exact) mass is 496 g/mol. The molecular weight excluding hydrogens is 469 g/mol. The van der Waals surface area contributed by atoms with Gasteiger partial charge in [0.2, 0.25) is 0 Å². The molecule has 0 saturated carbocycles. The van der Waals surface area contributed by atoms with Gasteiger partial charge in [0.25, 0.3) is 5.91 Å². The van der Waals surface area contributed by atoms with Crippen LogP contribution in [0.3, 0.4) is 0 Å². The van der Waals surface area contributed by atoms with Crippen molar-refractivity contribution >= 4 is 17.3 Å². The number of hydrogen-bond donors (Lipinski definition) is 1. The first-order chi connectivity index (χ1) is 17.2. The lowest BCUT2D eigenvalue weighted by Gasteiger charge is -2.45. The lowest BCUT2D eigenvalue weighted by molar-refractivity contribution is -0.141. The summed E-state index contributed by atoms with van der Waals surface area (Å²) in [5, 5.41) is 2.71. The number of alkyl halides is 3. The molecular formula is C27H27F3N4O2. The minimum Gasteiger partial charge on any atom is -0.377 e. The van der Waals surface area contributed by atoms with E-state index in [1.165, 1.54) is 6.07 Å². The van der Waals surface area contributed by atoms with Crippen LogP contribution < -0.4 is 10.2 Å². The predicted octanol–water partition coefficient (Wildman–Crippen LogP) is 5.51. The second-order valence-electron chi connectivity index (χ2n) is 9.31. The molecule has 0 radical (unpaired) electrons. The summed E-state index contributed by atoms with van der Waals surface area (Å²) >= 11 is 0. The maximum absolute atomic E-state index is 13.0. The second-order valence-corrected chi connectivity index (χ2v) is 9.31. The minimum absolute atomic E-state index is 0.112. The van der Waals surface area contributed by atoms with Gasteiger partial charge in [-0.15, -0.1) is 0 Å². The molecule has 2 aliphatic heterocycles. The molecule has 1 saturated heterocycles. The molecule has 0 bridgehead atoms. The van der Waals surface area contributed by atoms with Crippen molar-refractivity contribution in [2.24, 2.45) is 5.92 Å². The van der Waals surface area contributed by atoms with Gasteiger partial charge in [0, 0.05) is 35.8 Å². The normalized spacial score (nSPS) is 19.4. The van der Waals surface area contributed by atoms with Gasteiger partial charge in [0.15, 0.2) is 0 Å². The first-order valence-corrected chi connectivity index (χ1v) is 12.0. The van der Waals surface area contributed by atoms with Gasteiger partial charge < -0.3 is 15.0 Å². The number of nitrogens with one attached hydrogen (secondary N) is 1. The van der Waals surface area contributed by atoms with Crippen molar-refractivity contribution in [1.29, 1.82) is 0 Å². The fraction of sp³-hybridized carbons (Fsp3) is 0.370. The van der Waals surface area contributed by atoms with Crippen LogP contribution in [0.2, 0.25) is 0 Å². The number of rotatable bonds is 4. The van der Waals surface area contributed by atoms with Crippen LogP contribution in [0.1, 0.15) is 40.7 Å². The summed E-state index contributed by atoms with van der Waals surface area (Å²) in [7, 11) is 0. The Morgan fingerprint density at radius 3 is 2.81 bits per heavy atom. The highest BCUT2D eigenvalue weighted by Crippen LogP contribution is 2.38. The third kappa shape index (κ3) is 4.67. The summed E-state index contributed by atoms with van der Waals surface area (Å²) < 4.78 is 44.8. The van der Waals surface area contributed by atoms with E-state index in [1.807, 2.05) is 25.3 Å². The molecule has 9 heteroatoms. The largest absolute Gasteiger partial charge is 0.433 e. The van der Waals surface area contributed by atoms with Gasteiger partial charge in [-0.25, -0.2) is 0 Å². The quantitative estimate of drug-likeness (QED) is 0.516. The summed E-state index contributed by atoms with van der Waals surface area (Å²) in [6, 6.07) is 9.94. The fourth-order valence-corrected chi connectivity index (χ4v) is 5.09. The number of anilines is 2. The Hall–Kier alpha value is -3.46. The first-order valence-electron chi connectivity index (χ1n) is 12.0. The lowest BCUT2D eigenvalue weighted by atomic mass is 9.85. The van der Waals surface area contributed by atoms with Crippen molar-refractivity contribution in [2.45, 2.75) is 38.9 Å².